The molecule has 1 fully saturated rings. The quantitative estimate of drug-likeness (QED) is 0.663. The van der Waals surface area contributed by atoms with Crippen molar-refractivity contribution >= 4 is 5.69 Å². The molecular formula is C17H20F4N4O3. The number of benzene rings is 1. The van der Waals surface area contributed by atoms with Gasteiger partial charge in [-0.25, -0.2) is 14.3 Å². The van der Waals surface area contributed by atoms with E-state index in [1.54, 1.807) is 0 Å². The highest BCUT2D eigenvalue weighted by Crippen LogP contribution is 2.40. The fourth-order valence-electron chi connectivity index (χ4n) is 3.24. The molecule has 11 heteroatoms. The molecule has 0 radical (unpaired) electrons. The summed E-state index contributed by atoms with van der Waals surface area (Å²) in [6, 6.07) is 1.69. The van der Waals surface area contributed by atoms with Crippen LogP contribution in [0.4, 0.5) is 23.2 Å². The first-order chi connectivity index (χ1) is 13.1. The van der Waals surface area contributed by atoms with E-state index in [0.717, 1.165) is 32.0 Å². The zero-order chi connectivity index (χ0) is 20.5. The van der Waals surface area contributed by atoms with Crippen molar-refractivity contribution < 1.29 is 26.7 Å². The first-order valence-electron chi connectivity index (χ1n) is 8.70. The van der Waals surface area contributed by atoms with Crippen LogP contribution in [-0.4, -0.2) is 35.7 Å². The van der Waals surface area contributed by atoms with Crippen molar-refractivity contribution in [2.45, 2.75) is 39.1 Å². The van der Waals surface area contributed by atoms with E-state index in [0.29, 0.717) is 0 Å². The second-order valence-corrected chi connectivity index (χ2v) is 7.07. The molecule has 28 heavy (non-hydrogen) atoms. The molecule has 3 N–H and O–H groups in total. The Hall–Kier alpha value is -2.56. The van der Waals surface area contributed by atoms with Crippen LogP contribution in [0, 0.1) is 11.2 Å². The molecule has 1 aromatic heterocycles. The third-order valence-electron chi connectivity index (χ3n) is 5.11. The van der Waals surface area contributed by atoms with Gasteiger partial charge >= 0.3 is 12.1 Å². The Kier molecular flexibility index (Phi) is 5.37. The number of H-pyrrole nitrogens is 1. The van der Waals surface area contributed by atoms with Gasteiger partial charge in [0.1, 0.15) is 0 Å². The largest absolute Gasteiger partial charge is 0.573 e. The molecule has 0 amide bonds. The van der Waals surface area contributed by atoms with E-state index in [1.807, 2.05) is 18.9 Å². The highest BCUT2D eigenvalue weighted by Gasteiger charge is 2.36. The number of aromatic amines is 1. The Morgan fingerprint density at radius 3 is 2.57 bits per heavy atom. The molecule has 1 aliphatic heterocycles. The van der Waals surface area contributed by atoms with Crippen LogP contribution in [0.25, 0.3) is 11.5 Å². The van der Waals surface area contributed by atoms with Gasteiger partial charge in [0.2, 0.25) is 5.89 Å². The van der Waals surface area contributed by atoms with Crippen LogP contribution in [0.3, 0.4) is 0 Å². The van der Waals surface area contributed by atoms with Crippen LogP contribution >= 0.6 is 0 Å². The van der Waals surface area contributed by atoms with Gasteiger partial charge in [-0.3, -0.25) is 0 Å². The lowest BCUT2D eigenvalue weighted by Gasteiger charge is -2.40. The number of rotatable bonds is 5. The summed E-state index contributed by atoms with van der Waals surface area (Å²) < 4.78 is 61.6. The summed E-state index contributed by atoms with van der Waals surface area (Å²) >= 11 is 0. The van der Waals surface area contributed by atoms with Gasteiger partial charge < -0.3 is 19.8 Å². The van der Waals surface area contributed by atoms with Crippen LogP contribution in [0.15, 0.2) is 21.3 Å². The molecule has 7 nitrogen and oxygen atoms in total. The van der Waals surface area contributed by atoms with Crippen molar-refractivity contribution in [2.24, 2.45) is 5.41 Å². The summed E-state index contributed by atoms with van der Waals surface area (Å²) in [5, 5.41) is 11.8. The third-order valence-corrected chi connectivity index (χ3v) is 5.11. The lowest BCUT2D eigenvalue weighted by atomic mass is 9.75. The number of alkyl halides is 3. The number of aromatic nitrogens is 2. The van der Waals surface area contributed by atoms with E-state index in [-0.39, 0.29) is 28.6 Å². The van der Waals surface area contributed by atoms with Gasteiger partial charge in [-0.1, -0.05) is 6.92 Å². The molecule has 0 aliphatic carbocycles. The second-order valence-electron chi connectivity index (χ2n) is 7.07. The van der Waals surface area contributed by atoms with Gasteiger partial charge in [0.05, 0.1) is 5.69 Å². The summed E-state index contributed by atoms with van der Waals surface area (Å²) in [4.78, 5) is 11.1. The second kappa shape index (κ2) is 7.46. The summed E-state index contributed by atoms with van der Waals surface area (Å²) in [5.74, 6) is -3.34. The van der Waals surface area contributed by atoms with Crippen molar-refractivity contribution in [2.75, 3.05) is 18.4 Å². The van der Waals surface area contributed by atoms with Crippen molar-refractivity contribution in [1.82, 2.24) is 15.5 Å². The summed E-state index contributed by atoms with van der Waals surface area (Å²) in [5.41, 5.74) is -0.424. The number of nitrogens with one attached hydrogen (secondary N) is 3. The first kappa shape index (κ1) is 20.2. The smallest absolute Gasteiger partial charge is 0.400 e. The highest BCUT2D eigenvalue weighted by molar-refractivity contribution is 5.68. The minimum Gasteiger partial charge on any atom is -0.400 e. The monoisotopic (exact) mass is 404 g/mol. The Morgan fingerprint density at radius 1 is 1.32 bits per heavy atom. The standard InChI is InChI=1S/C17H20F4N4O3/c1-9(16(2)3-5-22-6-4-16)23-12-8-10(14-24-25-15(26)27-14)7-11(18)13(12)28-17(19,20)21/h7-9,22-23H,3-6H2,1-2H3,(H,25,26)/t9-/m0/s1. The van der Waals surface area contributed by atoms with Gasteiger partial charge in [-0.2, -0.15) is 0 Å². The number of ether oxygens (including phenoxy) is 1. The van der Waals surface area contributed by atoms with E-state index < -0.39 is 23.7 Å². The molecule has 154 valence electrons. The average Bonchev–Trinajstić information content (AvgIpc) is 3.04. The van der Waals surface area contributed by atoms with Crippen molar-refractivity contribution in [1.29, 1.82) is 0 Å². The molecular weight excluding hydrogens is 384 g/mol. The molecule has 1 saturated heterocycles. The maximum absolute atomic E-state index is 14.5. The van der Waals surface area contributed by atoms with E-state index in [9.17, 15) is 22.4 Å². The van der Waals surface area contributed by atoms with Gasteiger partial charge in [0, 0.05) is 11.6 Å². The normalized spacial score (nSPS) is 17.9. The van der Waals surface area contributed by atoms with Crippen molar-refractivity contribution in [3.05, 3.63) is 28.5 Å². The molecule has 0 spiro atoms. The van der Waals surface area contributed by atoms with Gasteiger partial charge in [0.25, 0.3) is 0 Å². The minimum atomic E-state index is -5.07. The van der Waals surface area contributed by atoms with Crippen LogP contribution in [0.2, 0.25) is 0 Å². The fraction of sp³-hybridized carbons (Fsp3) is 0.529. The number of hydrogen-bond donors (Lipinski definition) is 3. The Bertz CT molecular complexity index is 887. The topological polar surface area (TPSA) is 92.2 Å². The number of piperidine rings is 1. The highest BCUT2D eigenvalue weighted by atomic mass is 19.4. The SMILES string of the molecule is C[C@H](Nc1cc(-c2n[nH]c(=O)o2)cc(F)c1OC(F)(F)F)C1(C)CCNCC1. The molecule has 2 heterocycles. The molecule has 0 bridgehead atoms. The Morgan fingerprint density at radius 2 is 2.00 bits per heavy atom. The molecule has 3 rings (SSSR count). The van der Waals surface area contributed by atoms with Gasteiger partial charge in [-0.15, -0.1) is 18.3 Å². The first-order valence-corrected chi connectivity index (χ1v) is 8.70. The van der Waals surface area contributed by atoms with Gasteiger partial charge in [0.15, 0.2) is 11.6 Å². The van der Waals surface area contributed by atoms with Crippen LogP contribution < -0.4 is 21.1 Å². The van der Waals surface area contributed by atoms with E-state index in [4.69, 9.17) is 4.42 Å². The molecule has 2 aromatic rings. The third kappa shape index (κ3) is 4.46. The lowest BCUT2D eigenvalue weighted by Crippen LogP contribution is -2.44. The summed E-state index contributed by atoms with van der Waals surface area (Å²) in [7, 11) is 0. The number of nitrogens with zero attached hydrogens (tertiary/aromatic N) is 1. The van der Waals surface area contributed by atoms with Gasteiger partial charge in [-0.05, 0) is 50.4 Å². The number of halogens is 4. The number of anilines is 1. The van der Waals surface area contributed by atoms with Crippen LogP contribution in [0.5, 0.6) is 5.75 Å². The molecule has 1 aliphatic rings. The zero-order valence-electron chi connectivity index (χ0n) is 15.2. The fourth-order valence-corrected chi connectivity index (χ4v) is 3.24. The predicted octanol–water partition coefficient (Wildman–Crippen LogP) is 3.26. The average molecular weight is 404 g/mol. The van der Waals surface area contributed by atoms with E-state index in [2.05, 4.69) is 20.5 Å². The maximum Gasteiger partial charge on any atom is 0.573 e. The van der Waals surface area contributed by atoms with Crippen LogP contribution in [0.1, 0.15) is 26.7 Å². The summed E-state index contributed by atoms with van der Waals surface area (Å²) in [6.07, 6.45) is -3.47. The molecule has 0 saturated carbocycles. The Balaban J connectivity index is 1.99. The number of hydrogen-bond acceptors (Lipinski definition) is 6. The van der Waals surface area contributed by atoms with E-state index >= 15 is 0 Å². The maximum atomic E-state index is 14.5. The molecule has 0 unspecified atom stereocenters. The zero-order valence-corrected chi connectivity index (χ0v) is 15.2. The molecule has 1 atom stereocenters. The van der Waals surface area contributed by atoms with Crippen LogP contribution in [-0.2, 0) is 0 Å². The lowest BCUT2D eigenvalue weighted by molar-refractivity contribution is -0.275. The van der Waals surface area contributed by atoms with Crippen molar-refractivity contribution in [3.8, 4) is 17.2 Å². The van der Waals surface area contributed by atoms with E-state index in [1.165, 1.54) is 6.07 Å². The predicted molar refractivity (Wildman–Crippen MR) is 92.5 cm³/mol. The summed E-state index contributed by atoms with van der Waals surface area (Å²) in [6.45, 7) is 5.40. The minimum absolute atomic E-state index is 0.00413. The van der Waals surface area contributed by atoms with Crippen molar-refractivity contribution in [3.63, 3.8) is 0 Å². The Labute approximate surface area is 157 Å². The molecule has 1 aromatic carbocycles.